The number of halogens is 1. The predicted octanol–water partition coefficient (Wildman–Crippen LogP) is 3.17. The Hall–Kier alpha value is -2.19. The molecular formula is C21H25ClN2O5S. The zero-order chi connectivity index (χ0) is 21.9. The van der Waals surface area contributed by atoms with E-state index in [2.05, 4.69) is 4.98 Å². The molecule has 0 bridgehead atoms. The van der Waals surface area contributed by atoms with E-state index in [1.807, 2.05) is 6.92 Å². The van der Waals surface area contributed by atoms with Crippen LogP contribution in [0, 0.1) is 6.92 Å². The van der Waals surface area contributed by atoms with Crippen LogP contribution in [0.2, 0.25) is 5.02 Å². The molecule has 2 aromatic rings. The molecule has 1 amide bonds. The normalized spacial score (nSPS) is 17.8. The van der Waals surface area contributed by atoms with Gasteiger partial charge in [-0.15, -0.1) is 0 Å². The summed E-state index contributed by atoms with van der Waals surface area (Å²) < 4.78 is 28.9. The number of nitrogens with zero attached hydrogens (tertiary/aromatic N) is 2. The summed E-state index contributed by atoms with van der Waals surface area (Å²) in [7, 11) is -3.12. The summed E-state index contributed by atoms with van der Waals surface area (Å²) in [6.07, 6.45) is 2.04. The number of aromatic nitrogens is 1. The molecular weight excluding hydrogens is 428 g/mol. The Labute approximate surface area is 181 Å². The molecule has 1 fully saturated rings. The molecule has 2 heterocycles. The standard InChI is InChI=1S/C21H25ClN2O5S/c1-3-4-8-24(17-7-9-30(27,28)13-17)20(25)12-29-21(26)18-11-15-10-16(22)5-6-19(15)23-14(18)2/h5-6,10-11,17H,3-4,7-9,12-13H2,1-2H3. The lowest BCUT2D eigenvalue weighted by atomic mass is 10.1. The Bertz CT molecular complexity index is 1070. The molecule has 7 nitrogen and oxygen atoms in total. The van der Waals surface area contributed by atoms with Gasteiger partial charge in [0, 0.05) is 23.0 Å². The number of carbonyl (C=O) groups is 2. The van der Waals surface area contributed by atoms with E-state index in [1.54, 1.807) is 36.1 Å². The molecule has 0 N–H and O–H groups in total. The highest BCUT2D eigenvalue weighted by Crippen LogP contribution is 2.22. The van der Waals surface area contributed by atoms with Crippen molar-refractivity contribution >= 4 is 44.2 Å². The van der Waals surface area contributed by atoms with Crippen molar-refractivity contribution in [3.63, 3.8) is 0 Å². The average molecular weight is 453 g/mol. The Balaban J connectivity index is 1.71. The molecule has 1 saturated heterocycles. The van der Waals surface area contributed by atoms with Crippen LogP contribution in [0.15, 0.2) is 24.3 Å². The fraction of sp³-hybridized carbons (Fsp3) is 0.476. The van der Waals surface area contributed by atoms with E-state index < -0.39 is 22.4 Å². The van der Waals surface area contributed by atoms with Gasteiger partial charge in [-0.1, -0.05) is 24.9 Å². The molecule has 1 aromatic heterocycles. The number of hydrogen-bond donors (Lipinski definition) is 0. The molecule has 1 unspecified atom stereocenters. The number of hydrogen-bond acceptors (Lipinski definition) is 6. The first-order valence-corrected chi connectivity index (χ1v) is 12.1. The van der Waals surface area contributed by atoms with Gasteiger partial charge in [-0.05, 0) is 44.0 Å². The average Bonchev–Trinajstić information content (AvgIpc) is 3.05. The summed E-state index contributed by atoms with van der Waals surface area (Å²) in [4.78, 5) is 31.3. The molecule has 1 aliphatic heterocycles. The van der Waals surface area contributed by atoms with Crippen LogP contribution in [0.1, 0.15) is 42.2 Å². The number of pyridine rings is 1. The third-order valence-electron chi connectivity index (χ3n) is 5.24. The molecule has 0 radical (unpaired) electrons. The van der Waals surface area contributed by atoms with Gasteiger partial charge in [0.15, 0.2) is 16.4 Å². The van der Waals surface area contributed by atoms with Crippen LogP contribution in [-0.2, 0) is 19.4 Å². The highest BCUT2D eigenvalue weighted by atomic mass is 35.5. The second kappa shape index (κ2) is 9.31. The maximum atomic E-state index is 12.7. The van der Waals surface area contributed by atoms with Gasteiger partial charge in [-0.25, -0.2) is 13.2 Å². The van der Waals surface area contributed by atoms with Gasteiger partial charge in [0.1, 0.15) is 0 Å². The monoisotopic (exact) mass is 452 g/mol. The van der Waals surface area contributed by atoms with Gasteiger partial charge in [-0.3, -0.25) is 9.78 Å². The van der Waals surface area contributed by atoms with Gasteiger partial charge in [0.05, 0.1) is 28.3 Å². The molecule has 1 aromatic carbocycles. The Kier molecular flexibility index (Phi) is 6.98. The smallest absolute Gasteiger partial charge is 0.340 e. The summed E-state index contributed by atoms with van der Waals surface area (Å²) >= 11 is 6.01. The maximum absolute atomic E-state index is 12.7. The summed E-state index contributed by atoms with van der Waals surface area (Å²) in [6.45, 7) is 3.70. The number of ether oxygens (including phenoxy) is 1. The molecule has 0 spiro atoms. The highest BCUT2D eigenvalue weighted by molar-refractivity contribution is 7.91. The highest BCUT2D eigenvalue weighted by Gasteiger charge is 2.34. The van der Waals surface area contributed by atoms with Crippen molar-refractivity contribution in [2.24, 2.45) is 0 Å². The fourth-order valence-electron chi connectivity index (χ4n) is 3.60. The van der Waals surface area contributed by atoms with E-state index >= 15 is 0 Å². The van der Waals surface area contributed by atoms with Crippen LogP contribution in [0.4, 0.5) is 0 Å². The SMILES string of the molecule is CCCCN(C(=O)COC(=O)c1cc2cc(Cl)ccc2nc1C)C1CCS(=O)(=O)C1. The van der Waals surface area contributed by atoms with E-state index in [4.69, 9.17) is 16.3 Å². The number of fused-ring (bicyclic) bond motifs is 1. The van der Waals surface area contributed by atoms with Gasteiger partial charge in [0.25, 0.3) is 5.91 Å². The summed E-state index contributed by atoms with van der Waals surface area (Å²) in [6, 6.07) is 6.48. The third kappa shape index (κ3) is 5.29. The van der Waals surface area contributed by atoms with Gasteiger partial charge in [0.2, 0.25) is 0 Å². The Morgan fingerprint density at radius 3 is 2.73 bits per heavy atom. The van der Waals surface area contributed by atoms with Crippen LogP contribution in [-0.4, -0.2) is 60.9 Å². The minimum atomic E-state index is -3.12. The lowest BCUT2D eigenvalue weighted by Gasteiger charge is -2.28. The number of benzene rings is 1. The van der Waals surface area contributed by atoms with Crippen LogP contribution >= 0.6 is 11.6 Å². The van der Waals surface area contributed by atoms with Crippen molar-refractivity contribution in [3.8, 4) is 0 Å². The second-order valence-electron chi connectivity index (χ2n) is 7.53. The first-order valence-electron chi connectivity index (χ1n) is 9.94. The number of carbonyl (C=O) groups excluding carboxylic acids is 2. The van der Waals surface area contributed by atoms with E-state index in [0.29, 0.717) is 34.6 Å². The molecule has 9 heteroatoms. The predicted molar refractivity (Wildman–Crippen MR) is 115 cm³/mol. The molecule has 1 atom stereocenters. The molecule has 0 aliphatic carbocycles. The Morgan fingerprint density at radius 1 is 1.30 bits per heavy atom. The number of unbranched alkanes of at least 4 members (excludes halogenated alkanes) is 1. The molecule has 162 valence electrons. The quantitative estimate of drug-likeness (QED) is 0.599. The lowest BCUT2D eigenvalue weighted by Crippen LogP contribution is -2.43. The minimum absolute atomic E-state index is 0.0368. The number of sulfone groups is 1. The van der Waals surface area contributed by atoms with Crippen molar-refractivity contribution in [2.45, 2.75) is 39.2 Å². The van der Waals surface area contributed by atoms with Crippen molar-refractivity contribution < 1.29 is 22.7 Å². The lowest BCUT2D eigenvalue weighted by molar-refractivity contribution is -0.136. The first-order chi connectivity index (χ1) is 14.2. The van der Waals surface area contributed by atoms with Crippen LogP contribution in [0.3, 0.4) is 0 Å². The Morgan fingerprint density at radius 2 is 2.07 bits per heavy atom. The minimum Gasteiger partial charge on any atom is -0.452 e. The van der Waals surface area contributed by atoms with Gasteiger partial charge in [-0.2, -0.15) is 0 Å². The van der Waals surface area contributed by atoms with Crippen LogP contribution in [0.5, 0.6) is 0 Å². The topological polar surface area (TPSA) is 93.6 Å². The first kappa shape index (κ1) is 22.5. The van der Waals surface area contributed by atoms with Crippen molar-refractivity contribution in [3.05, 3.63) is 40.5 Å². The van der Waals surface area contributed by atoms with E-state index in [1.165, 1.54) is 0 Å². The number of esters is 1. The van der Waals surface area contributed by atoms with Crippen LogP contribution < -0.4 is 0 Å². The second-order valence-corrected chi connectivity index (χ2v) is 10.2. The maximum Gasteiger partial charge on any atom is 0.340 e. The molecule has 1 aliphatic rings. The van der Waals surface area contributed by atoms with E-state index in [0.717, 1.165) is 12.8 Å². The van der Waals surface area contributed by atoms with E-state index in [9.17, 15) is 18.0 Å². The number of aryl methyl sites for hydroxylation is 1. The van der Waals surface area contributed by atoms with Crippen LogP contribution in [0.25, 0.3) is 10.9 Å². The summed E-state index contributed by atoms with van der Waals surface area (Å²) in [5.74, 6) is -0.985. The molecule has 0 saturated carbocycles. The third-order valence-corrected chi connectivity index (χ3v) is 7.22. The zero-order valence-corrected chi connectivity index (χ0v) is 18.6. The zero-order valence-electron chi connectivity index (χ0n) is 17.1. The van der Waals surface area contributed by atoms with Crippen molar-refractivity contribution in [1.82, 2.24) is 9.88 Å². The fourth-order valence-corrected chi connectivity index (χ4v) is 5.51. The van der Waals surface area contributed by atoms with Crippen molar-refractivity contribution in [2.75, 3.05) is 24.7 Å². The number of rotatable bonds is 7. The number of amides is 1. The van der Waals surface area contributed by atoms with Crippen molar-refractivity contribution in [1.29, 1.82) is 0 Å². The summed E-state index contributed by atoms with van der Waals surface area (Å²) in [5, 5.41) is 1.23. The van der Waals surface area contributed by atoms with Gasteiger partial charge >= 0.3 is 5.97 Å². The molecule has 3 rings (SSSR count). The molecule has 30 heavy (non-hydrogen) atoms. The van der Waals surface area contributed by atoms with Gasteiger partial charge < -0.3 is 9.64 Å². The summed E-state index contributed by atoms with van der Waals surface area (Å²) in [5.41, 5.74) is 1.46. The largest absolute Gasteiger partial charge is 0.452 e. The van der Waals surface area contributed by atoms with E-state index in [-0.39, 0.29) is 29.0 Å².